The molecule has 1 aliphatic heterocycles. The van der Waals surface area contributed by atoms with Crippen molar-refractivity contribution in [2.24, 2.45) is 5.92 Å². The van der Waals surface area contributed by atoms with E-state index in [0.29, 0.717) is 18.6 Å². The van der Waals surface area contributed by atoms with Crippen LogP contribution in [0.2, 0.25) is 0 Å². The van der Waals surface area contributed by atoms with Crippen LogP contribution >= 0.6 is 12.2 Å². The fourth-order valence-corrected chi connectivity index (χ4v) is 4.92. The monoisotopic (exact) mass is 488 g/mol. The van der Waals surface area contributed by atoms with E-state index in [1.165, 1.54) is 22.3 Å². The van der Waals surface area contributed by atoms with Crippen molar-refractivity contribution in [3.63, 3.8) is 0 Å². The van der Waals surface area contributed by atoms with Crippen LogP contribution in [0, 0.1) is 12.8 Å². The van der Waals surface area contributed by atoms with Crippen molar-refractivity contribution in [2.45, 2.75) is 39.5 Å². The number of hydrogen-bond acceptors (Lipinski definition) is 3. The van der Waals surface area contributed by atoms with Gasteiger partial charge in [-0.3, -0.25) is 0 Å². The van der Waals surface area contributed by atoms with Crippen LogP contribution in [0.15, 0.2) is 66.7 Å². The molecule has 0 amide bonds. The van der Waals surface area contributed by atoms with E-state index in [1.807, 2.05) is 12.1 Å². The van der Waals surface area contributed by atoms with Gasteiger partial charge in [-0.15, -0.1) is 0 Å². The second kappa shape index (κ2) is 11.6. The van der Waals surface area contributed by atoms with Gasteiger partial charge in [-0.05, 0) is 83.8 Å². The molecule has 0 saturated heterocycles. The van der Waals surface area contributed by atoms with Gasteiger partial charge in [-0.25, -0.2) is 0 Å². The Morgan fingerprint density at radius 3 is 2.43 bits per heavy atom. The molecule has 0 radical (unpaired) electrons. The third-order valence-electron chi connectivity index (χ3n) is 6.83. The minimum absolute atomic E-state index is 0.299. The minimum Gasteiger partial charge on any atom is -0.454 e. The number of ether oxygens (including phenoxy) is 2. The molecule has 0 fully saturated rings. The predicted molar refractivity (Wildman–Crippen MR) is 148 cm³/mol. The molecule has 0 spiro atoms. The van der Waals surface area contributed by atoms with Gasteiger partial charge in [0, 0.05) is 20.1 Å². The summed E-state index contributed by atoms with van der Waals surface area (Å²) in [6.07, 6.45) is 2.03. The molecule has 4 nitrogen and oxygen atoms in total. The van der Waals surface area contributed by atoms with Crippen molar-refractivity contribution in [3.8, 4) is 22.6 Å². The summed E-state index contributed by atoms with van der Waals surface area (Å²) in [6, 6.07) is 23.5. The Morgan fingerprint density at radius 2 is 1.69 bits per heavy atom. The SMILES string of the molecule is Cc1cc(-c2ccc3c(c2)OCO3)ccc1C(CCN(C)C(=S)NCCc1ccccc1)C(C)C. The molecular weight excluding hydrogens is 452 g/mol. The number of thiocarbonyl (C=S) groups is 1. The lowest BCUT2D eigenvalue weighted by Crippen LogP contribution is -2.39. The highest BCUT2D eigenvalue weighted by Gasteiger charge is 2.20. The molecule has 4 rings (SSSR count). The Bertz CT molecular complexity index is 1150. The molecule has 1 aliphatic rings. The highest BCUT2D eigenvalue weighted by molar-refractivity contribution is 7.80. The molecule has 0 bridgehead atoms. The van der Waals surface area contributed by atoms with Gasteiger partial charge in [0.05, 0.1) is 0 Å². The Labute approximate surface area is 215 Å². The van der Waals surface area contributed by atoms with Crippen LogP contribution < -0.4 is 14.8 Å². The number of rotatable bonds is 9. The minimum atomic E-state index is 0.299. The van der Waals surface area contributed by atoms with Crippen molar-refractivity contribution >= 4 is 17.3 Å². The molecule has 184 valence electrons. The van der Waals surface area contributed by atoms with E-state index in [2.05, 4.69) is 92.6 Å². The molecule has 5 heteroatoms. The van der Waals surface area contributed by atoms with Gasteiger partial charge in [0.1, 0.15) is 0 Å². The van der Waals surface area contributed by atoms with E-state index in [0.717, 1.165) is 48.1 Å². The first kappa shape index (κ1) is 25.1. The van der Waals surface area contributed by atoms with Crippen molar-refractivity contribution in [1.82, 2.24) is 10.2 Å². The molecule has 1 unspecified atom stereocenters. The first-order valence-corrected chi connectivity index (χ1v) is 12.9. The van der Waals surface area contributed by atoms with E-state index in [1.54, 1.807) is 0 Å². The number of aryl methyl sites for hydroxylation is 1. The van der Waals surface area contributed by atoms with E-state index < -0.39 is 0 Å². The lowest BCUT2D eigenvalue weighted by Gasteiger charge is -2.28. The van der Waals surface area contributed by atoms with Crippen LogP contribution in [0.1, 0.15) is 42.9 Å². The number of nitrogens with one attached hydrogen (secondary N) is 1. The number of hydrogen-bond donors (Lipinski definition) is 1. The molecule has 0 aromatic heterocycles. The van der Waals surface area contributed by atoms with Crippen LogP contribution in [-0.4, -0.2) is 36.9 Å². The van der Waals surface area contributed by atoms with Gasteiger partial charge >= 0.3 is 0 Å². The molecule has 3 aromatic rings. The predicted octanol–water partition coefficient (Wildman–Crippen LogP) is 6.57. The summed E-state index contributed by atoms with van der Waals surface area (Å²) < 4.78 is 11.0. The Morgan fingerprint density at radius 1 is 0.971 bits per heavy atom. The maximum absolute atomic E-state index is 5.65. The van der Waals surface area contributed by atoms with E-state index in [4.69, 9.17) is 21.7 Å². The van der Waals surface area contributed by atoms with Crippen molar-refractivity contribution in [3.05, 3.63) is 83.4 Å². The maximum atomic E-state index is 5.65. The van der Waals surface area contributed by atoms with Gasteiger partial charge in [-0.2, -0.15) is 0 Å². The zero-order valence-electron chi connectivity index (χ0n) is 21.2. The van der Waals surface area contributed by atoms with Crippen LogP contribution in [0.4, 0.5) is 0 Å². The summed E-state index contributed by atoms with van der Waals surface area (Å²) in [5.74, 6) is 2.65. The van der Waals surface area contributed by atoms with Crippen LogP contribution in [-0.2, 0) is 6.42 Å². The average Bonchev–Trinajstić information content (AvgIpc) is 3.33. The Balaban J connectivity index is 1.36. The van der Waals surface area contributed by atoms with Crippen LogP contribution in [0.3, 0.4) is 0 Å². The van der Waals surface area contributed by atoms with Gasteiger partial charge in [0.25, 0.3) is 0 Å². The molecule has 3 aromatic carbocycles. The van der Waals surface area contributed by atoms with Crippen molar-refractivity contribution in [2.75, 3.05) is 26.9 Å². The summed E-state index contributed by atoms with van der Waals surface area (Å²) in [4.78, 5) is 2.17. The van der Waals surface area contributed by atoms with Crippen molar-refractivity contribution in [1.29, 1.82) is 0 Å². The second-order valence-corrected chi connectivity index (χ2v) is 10.1. The van der Waals surface area contributed by atoms with E-state index in [9.17, 15) is 0 Å². The summed E-state index contributed by atoms with van der Waals surface area (Å²) >= 11 is 5.65. The molecular formula is C30H36N2O2S. The quantitative estimate of drug-likeness (QED) is 0.345. The van der Waals surface area contributed by atoms with Gasteiger partial charge < -0.3 is 19.7 Å². The smallest absolute Gasteiger partial charge is 0.231 e. The summed E-state index contributed by atoms with van der Waals surface area (Å²) in [7, 11) is 2.09. The lowest BCUT2D eigenvalue weighted by molar-refractivity contribution is 0.174. The van der Waals surface area contributed by atoms with Gasteiger partial charge in [0.2, 0.25) is 6.79 Å². The largest absolute Gasteiger partial charge is 0.454 e. The highest BCUT2D eigenvalue weighted by atomic mass is 32.1. The molecule has 0 saturated carbocycles. The zero-order valence-corrected chi connectivity index (χ0v) is 22.0. The Hall–Kier alpha value is -3.05. The third kappa shape index (κ3) is 6.34. The topological polar surface area (TPSA) is 33.7 Å². The summed E-state index contributed by atoms with van der Waals surface area (Å²) in [6.45, 7) is 8.91. The van der Waals surface area contributed by atoms with Crippen LogP contribution in [0.5, 0.6) is 11.5 Å². The van der Waals surface area contributed by atoms with Crippen molar-refractivity contribution < 1.29 is 9.47 Å². The first-order valence-electron chi connectivity index (χ1n) is 12.5. The van der Waals surface area contributed by atoms with E-state index in [-0.39, 0.29) is 0 Å². The van der Waals surface area contributed by atoms with E-state index >= 15 is 0 Å². The highest BCUT2D eigenvalue weighted by Crippen LogP contribution is 2.37. The standard InChI is InChI=1S/C30H36N2O2S/c1-21(2)26(15-17-32(4)30(35)31-16-14-23-8-6-5-7-9-23)27-12-10-24(18-22(27)3)25-11-13-28-29(19-25)34-20-33-28/h5-13,18-19,21,26H,14-17,20H2,1-4H3,(H,31,35). The number of benzene rings is 3. The third-order valence-corrected chi connectivity index (χ3v) is 7.29. The second-order valence-electron chi connectivity index (χ2n) is 9.67. The fourth-order valence-electron chi connectivity index (χ4n) is 4.72. The fraction of sp³-hybridized carbons (Fsp3) is 0.367. The van der Waals surface area contributed by atoms with Crippen LogP contribution in [0.25, 0.3) is 11.1 Å². The lowest BCUT2D eigenvalue weighted by atomic mass is 9.82. The number of fused-ring (bicyclic) bond motifs is 1. The molecule has 35 heavy (non-hydrogen) atoms. The Kier molecular flexibility index (Phi) is 8.29. The normalized spacial score (nSPS) is 13.1. The number of nitrogens with zero attached hydrogens (tertiary/aromatic N) is 1. The molecule has 1 heterocycles. The zero-order chi connectivity index (χ0) is 24.8. The molecule has 1 atom stereocenters. The average molecular weight is 489 g/mol. The summed E-state index contributed by atoms with van der Waals surface area (Å²) in [5, 5.41) is 4.23. The first-order chi connectivity index (χ1) is 16.9. The van der Waals surface area contributed by atoms with Gasteiger partial charge in [-0.1, -0.05) is 68.4 Å². The molecule has 0 aliphatic carbocycles. The molecule has 1 N–H and O–H groups in total. The van der Waals surface area contributed by atoms with Gasteiger partial charge in [0.15, 0.2) is 16.6 Å². The summed E-state index contributed by atoms with van der Waals surface area (Å²) in [5.41, 5.74) is 6.42. The maximum Gasteiger partial charge on any atom is 0.231 e.